The van der Waals surface area contributed by atoms with Crippen molar-refractivity contribution in [1.82, 2.24) is 0 Å². The van der Waals surface area contributed by atoms with Gasteiger partial charge in [0.05, 0.1) is 6.61 Å². The van der Waals surface area contributed by atoms with Gasteiger partial charge in [-0.2, -0.15) is 0 Å². The fourth-order valence-corrected chi connectivity index (χ4v) is 4.53. The van der Waals surface area contributed by atoms with Crippen molar-refractivity contribution in [3.63, 3.8) is 0 Å². The van der Waals surface area contributed by atoms with Crippen LogP contribution in [0.2, 0.25) is 0 Å². The molecule has 0 saturated heterocycles. The minimum atomic E-state index is -2.65. The predicted molar refractivity (Wildman–Crippen MR) is 56.6 cm³/mol. The smallest absolute Gasteiger partial charge is 0.326 e. The van der Waals surface area contributed by atoms with Crippen molar-refractivity contribution in [3.05, 3.63) is 0 Å². The van der Waals surface area contributed by atoms with Crippen molar-refractivity contribution < 1.29 is 18.3 Å². The van der Waals surface area contributed by atoms with E-state index in [9.17, 15) is 4.57 Å². The Labute approximate surface area is 84.8 Å². The molecule has 0 radical (unpaired) electrons. The van der Waals surface area contributed by atoms with Crippen LogP contribution in [0.1, 0.15) is 26.7 Å². The van der Waals surface area contributed by atoms with Crippen LogP contribution in [0.15, 0.2) is 0 Å². The molecule has 7 heteroatoms. The van der Waals surface area contributed by atoms with Gasteiger partial charge in [-0.3, -0.25) is 0 Å². The van der Waals surface area contributed by atoms with E-state index >= 15 is 0 Å². The fourth-order valence-electron chi connectivity index (χ4n) is 0.740. The number of hydrogen-bond acceptors (Lipinski definition) is 4. The summed E-state index contributed by atoms with van der Waals surface area (Å²) in [7, 11) is -2.65. The van der Waals surface area contributed by atoms with Crippen molar-refractivity contribution in [1.29, 1.82) is 0 Å². The molecule has 0 fully saturated rings. The maximum absolute atomic E-state index is 10.5. The first-order chi connectivity index (χ1) is 6.04. The van der Waals surface area contributed by atoms with Crippen LogP contribution in [0.4, 0.5) is 0 Å². The van der Waals surface area contributed by atoms with Crippen molar-refractivity contribution in [2.75, 3.05) is 12.8 Å². The van der Waals surface area contributed by atoms with E-state index in [2.05, 4.69) is 0 Å². The van der Waals surface area contributed by atoms with E-state index in [-0.39, 0.29) is 0 Å². The summed E-state index contributed by atoms with van der Waals surface area (Å²) in [6, 6.07) is 0. The summed E-state index contributed by atoms with van der Waals surface area (Å²) in [5.74, 6) is 0. The van der Waals surface area contributed by atoms with Crippen LogP contribution in [0, 0.1) is 0 Å². The first kappa shape index (κ1) is 13.6. The average molecular weight is 245 g/mol. The normalized spacial score (nSPS) is 16.7. The van der Waals surface area contributed by atoms with Crippen molar-refractivity contribution in [3.8, 4) is 0 Å². The lowest BCUT2D eigenvalue weighted by Gasteiger charge is -2.13. The molecule has 0 amide bonds. The SMILES string of the molecule is CCCOP(=S)(CCC)O[P+](=O)O. The Hall–Kier alpha value is 0.630. The Kier molecular flexibility index (Phi) is 7.33. The number of rotatable bonds is 7. The van der Waals surface area contributed by atoms with Gasteiger partial charge in [0.2, 0.25) is 6.49 Å². The van der Waals surface area contributed by atoms with E-state index in [1.165, 1.54) is 0 Å². The monoisotopic (exact) mass is 245 g/mol. The highest BCUT2D eigenvalue weighted by Crippen LogP contribution is 2.55. The van der Waals surface area contributed by atoms with Gasteiger partial charge in [0.1, 0.15) is 0 Å². The van der Waals surface area contributed by atoms with E-state index in [0.717, 1.165) is 12.8 Å². The molecule has 0 heterocycles. The quantitative estimate of drug-likeness (QED) is 0.699. The molecule has 78 valence electrons. The van der Waals surface area contributed by atoms with E-state index in [1.807, 2.05) is 13.8 Å². The van der Waals surface area contributed by atoms with Gasteiger partial charge < -0.3 is 4.52 Å². The lowest BCUT2D eigenvalue weighted by Crippen LogP contribution is -1.96. The highest BCUT2D eigenvalue weighted by atomic mass is 32.5. The first-order valence-electron chi connectivity index (χ1n) is 4.13. The first-order valence-corrected chi connectivity index (χ1v) is 8.09. The second kappa shape index (κ2) is 6.99. The van der Waals surface area contributed by atoms with Crippen LogP contribution in [0.3, 0.4) is 0 Å². The molecule has 13 heavy (non-hydrogen) atoms. The van der Waals surface area contributed by atoms with Crippen molar-refractivity contribution in [2.45, 2.75) is 26.7 Å². The molecule has 0 aliphatic carbocycles. The van der Waals surface area contributed by atoms with Crippen LogP contribution in [0.25, 0.3) is 0 Å². The summed E-state index contributed by atoms with van der Waals surface area (Å²) in [6.07, 6.45) is 2.17. The maximum atomic E-state index is 10.5. The molecule has 4 nitrogen and oxygen atoms in total. The summed E-state index contributed by atoms with van der Waals surface area (Å²) >= 11 is 5.07. The lowest BCUT2D eigenvalue weighted by molar-refractivity contribution is 0.303. The minimum absolute atomic E-state index is 0.487. The molecule has 0 aromatic carbocycles. The predicted octanol–water partition coefficient (Wildman–Crippen LogP) is 2.80. The van der Waals surface area contributed by atoms with Gasteiger partial charge in [0, 0.05) is 10.7 Å². The second-order valence-corrected chi connectivity index (χ2v) is 7.21. The molecular formula is C6H15O4P2S+. The molecule has 0 aliphatic rings. The van der Waals surface area contributed by atoms with E-state index in [4.69, 9.17) is 25.5 Å². The zero-order valence-electron chi connectivity index (χ0n) is 7.80. The van der Waals surface area contributed by atoms with Crippen LogP contribution in [-0.4, -0.2) is 17.7 Å². The van der Waals surface area contributed by atoms with E-state index < -0.39 is 14.7 Å². The van der Waals surface area contributed by atoms with Gasteiger partial charge in [0.15, 0.2) is 0 Å². The number of hydrogen-bond donors (Lipinski definition) is 1. The molecule has 0 aliphatic heterocycles. The highest BCUT2D eigenvalue weighted by molar-refractivity contribution is 8.10. The molecule has 0 bridgehead atoms. The third-order valence-electron chi connectivity index (χ3n) is 1.18. The summed E-state index contributed by atoms with van der Waals surface area (Å²) in [5, 5.41) is 0. The molecule has 0 rings (SSSR count). The van der Waals surface area contributed by atoms with E-state index in [0.29, 0.717) is 12.8 Å². The summed E-state index contributed by atoms with van der Waals surface area (Å²) in [6.45, 7) is 1.88. The average Bonchev–Trinajstić information content (AvgIpc) is 2.00. The third kappa shape index (κ3) is 6.67. The Bertz CT molecular complexity index is 209. The standard InChI is InChI=1S/C6H14O4P2S/c1-3-5-9-12(13,6-4-2)10-11(7)8/h3-6H2,1-2H3/p+1. The lowest BCUT2D eigenvalue weighted by atomic mass is 10.5. The fraction of sp³-hybridized carbons (Fsp3) is 1.00. The zero-order chi connectivity index (χ0) is 10.3. The third-order valence-corrected chi connectivity index (χ3v) is 5.77. The second-order valence-electron chi connectivity index (χ2n) is 2.49. The molecule has 0 saturated carbocycles. The summed E-state index contributed by atoms with van der Waals surface area (Å²) in [4.78, 5) is 8.58. The molecule has 0 spiro atoms. The highest BCUT2D eigenvalue weighted by Gasteiger charge is 2.30. The molecular weight excluding hydrogens is 230 g/mol. The van der Waals surface area contributed by atoms with E-state index in [1.54, 1.807) is 0 Å². The minimum Gasteiger partial charge on any atom is -0.326 e. The Morgan fingerprint density at radius 1 is 1.46 bits per heavy atom. The zero-order valence-corrected chi connectivity index (χ0v) is 10.4. The van der Waals surface area contributed by atoms with Gasteiger partial charge in [-0.1, -0.05) is 18.2 Å². The topological polar surface area (TPSA) is 55.8 Å². The van der Waals surface area contributed by atoms with Gasteiger partial charge in [-0.05, 0) is 24.6 Å². The largest absolute Gasteiger partial charge is 0.701 e. The van der Waals surface area contributed by atoms with Crippen LogP contribution in [0.5, 0.6) is 0 Å². The van der Waals surface area contributed by atoms with Gasteiger partial charge in [0.25, 0.3) is 0 Å². The Balaban J connectivity index is 4.16. The summed E-state index contributed by atoms with van der Waals surface area (Å²) in [5.41, 5.74) is 0. The Morgan fingerprint density at radius 2 is 2.08 bits per heavy atom. The van der Waals surface area contributed by atoms with Gasteiger partial charge in [-0.15, -0.1) is 4.89 Å². The molecule has 2 unspecified atom stereocenters. The van der Waals surface area contributed by atoms with Gasteiger partial charge in [-0.25, -0.2) is 0 Å². The van der Waals surface area contributed by atoms with Crippen molar-refractivity contribution >= 4 is 26.6 Å². The molecule has 0 aromatic rings. The molecule has 0 aromatic heterocycles. The van der Waals surface area contributed by atoms with Crippen LogP contribution < -0.4 is 0 Å². The maximum Gasteiger partial charge on any atom is 0.701 e. The van der Waals surface area contributed by atoms with Crippen LogP contribution >= 0.6 is 14.7 Å². The van der Waals surface area contributed by atoms with Gasteiger partial charge >= 0.3 is 8.25 Å². The Morgan fingerprint density at radius 3 is 2.46 bits per heavy atom. The van der Waals surface area contributed by atoms with Crippen molar-refractivity contribution in [2.24, 2.45) is 0 Å². The molecule has 1 N–H and O–H groups in total. The summed E-state index contributed by atoms with van der Waals surface area (Å²) < 4.78 is 20.5. The van der Waals surface area contributed by atoms with Crippen LogP contribution in [-0.2, 0) is 25.2 Å². The molecule has 2 atom stereocenters.